The number of amides is 2. The van der Waals surface area contributed by atoms with E-state index >= 15 is 0 Å². The highest BCUT2D eigenvalue weighted by Gasteiger charge is 2.28. The number of hydrogen-bond acceptors (Lipinski definition) is 2. The Balaban J connectivity index is 2.17. The van der Waals surface area contributed by atoms with Gasteiger partial charge in [-0.1, -0.05) is 89.6 Å². The second kappa shape index (κ2) is 12.6. The van der Waals surface area contributed by atoms with Crippen LogP contribution in [0.4, 0.5) is 0 Å². The molecule has 0 bridgehead atoms. The first kappa shape index (κ1) is 26.6. The van der Waals surface area contributed by atoms with Gasteiger partial charge in [-0.15, -0.1) is 0 Å². The molecule has 0 radical (unpaired) electrons. The van der Waals surface area contributed by atoms with Gasteiger partial charge in [0.15, 0.2) is 0 Å². The van der Waals surface area contributed by atoms with Gasteiger partial charge in [0, 0.05) is 19.5 Å². The van der Waals surface area contributed by atoms with Crippen LogP contribution in [0.15, 0.2) is 48.5 Å². The highest BCUT2D eigenvalue weighted by molar-refractivity contribution is 5.87. The van der Waals surface area contributed by atoms with Crippen molar-refractivity contribution in [1.82, 2.24) is 10.2 Å². The second-order valence-electron chi connectivity index (χ2n) is 9.96. The van der Waals surface area contributed by atoms with Crippen molar-refractivity contribution < 1.29 is 9.59 Å². The summed E-state index contributed by atoms with van der Waals surface area (Å²) in [7, 11) is 0. The summed E-state index contributed by atoms with van der Waals surface area (Å²) in [5.74, 6) is -0.0296. The number of nitrogens with zero attached hydrogens (tertiary/aromatic N) is 1. The maximum atomic E-state index is 13.4. The second-order valence-corrected chi connectivity index (χ2v) is 9.96. The maximum absolute atomic E-state index is 13.4. The summed E-state index contributed by atoms with van der Waals surface area (Å²) >= 11 is 0. The Labute approximate surface area is 200 Å². The Bertz CT molecular complexity index is 897. The van der Waals surface area contributed by atoms with E-state index in [1.165, 1.54) is 5.56 Å². The van der Waals surface area contributed by atoms with Gasteiger partial charge in [0.1, 0.15) is 6.04 Å². The molecule has 2 rings (SSSR count). The Morgan fingerprint density at radius 3 is 2.24 bits per heavy atom. The largest absolute Gasteiger partial charge is 0.354 e. The van der Waals surface area contributed by atoms with E-state index in [9.17, 15) is 9.59 Å². The van der Waals surface area contributed by atoms with E-state index in [1.54, 1.807) is 4.90 Å². The van der Waals surface area contributed by atoms with Gasteiger partial charge in [-0.3, -0.25) is 9.59 Å². The molecule has 0 saturated heterocycles. The van der Waals surface area contributed by atoms with Crippen molar-refractivity contribution in [3.05, 3.63) is 70.8 Å². The first-order valence-electron chi connectivity index (χ1n) is 12.4. The lowest BCUT2D eigenvalue weighted by Gasteiger charge is -2.31. The molecule has 2 amide bonds. The third-order valence-electron chi connectivity index (χ3n) is 6.26. The van der Waals surface area contributed by atoms with Gasteiger partial charge >= 0.3 is 0 Å². The molecular weight excluding hydrogens is 408 g/mol. The van der Waals surface area contributed by atoms with E-state index in [0.29, 0.717) is 32.4 Å². The fourth-order valence-corrected chi connectivity index (χ4v) is 3.96. The Morgan fingerprint density at radius 2 is 1.67 bits per heavy atom. The van der Waals surface area contributed by atoms with Crippen molar-refractivity contribution in [2.75, 3.05) is 6.54 Å². The number of benzene rings is 2. The van der Waals surface area contributed by atoms with Gasteiger partial charge in [-0.05, 0) is 53.9 Å². The summed E-state index contributed by atoms with van der Waals surface area (Å²) in [4.78, 5) is 28.2. The van der Waals surface area contributed by atoms with Crippen LogP contribution >= 0.6 is 0 Å². The van der Waals surface area contributed by atoms with E-state index in [-0.39, 0.29) is 17.2 Å². The Hall–Kier alpha value is -2.62. The first-order chi connectivity index (χ1) is 15.7. The predicted molar refractivity (Wildman–Crippen MR) is 137 cm³/mol. The maximum Gasteiger partial charge on any atom is 0.242 e. The quantitative estimate of drug-likeness (QED) is 0.430. The standard InChI is InChI=1S/C29H42N2O2/c1-7-9-20-30-28(33)26(8-2)31(21-24-13-11-10-12-22(24)3)27(32)19-16-23-14-17-25(18-15-23)29(4,5)6/h10-15,17-18,26H,7-9,16,19-21H2,1-6H3,(H,30,33)/t26-/m0/s1. The van der Waals surface area contributed by atoms with Gasteiger partial charge in [0.2, 0.25) is 11.8 Å². The minimum Gasteiger partial charge on any atom is -0.354 e. The number of carbonyl (C=O) groups is 2. The van der Waals surface area contributed by atoms with Gasteiger partial charge in [0.05, 0.1) is 0 Å². The summed E-state index contributed by atoms with van der Waals surface area (Å²) in [6.07, 6.45) is 3.62. The van der Waals surface area contributed by atoms with Crippen LogP contribution in [0.3, 0.4) is 0 Å². The third-order valence-corrected chi connectivity index (χ3v) is 6.26. The molecule has 4 heteroatoms. The summed E-state index contributed by atoms with van der Waals surface area (Å²) in [5.41, 5.74) is 4.76. The third kappa shape index (κ3) is 8.03. The van der Waals surface area contributed by atoms with Crippen LogP contribution in [0, 0.1) is 6.92 Å². The van der Waals surface area contributed by atoms with Crippen molar-refractivity contribution in [3.63, 3.8) is 0 Å². The van der Waals surface area contributed by atoms with Crippen molar-refractivity contribution in [1.29, 1.82) is 0 Å². The molecule has 1 N–H and O–H groups in total. The van der Waals surface area contributed by atoms with Crippen LogP contribution < -0.4 is 5.32 Å². The summed E-state index contributed by atoms with van der Waals surface area (Å²) in [5, 5.41) is 3.03. The van der Waals surface area contributed by atoms with Crippen molar-refractivity contribution in [2.45, 2.75) is 91.6 Å². The van der Waals surface area contributed by atoms with E-state index in [4.69, 9.17) is 0 Å². The number of rotatable bonds is 11. The molecule has 0 spiro atoms. The Kier molecular flexibility index (Phi) is 10.1. The fourth-order valence-electron chi connectivity index (χ4n) is 3.96. The number of aryl methyl sites for hydroxylation is 2. The topological polar surface area (TPSA) is 49.4 Å². The van der Waals surface area contributed by atoms with E-state index in [1.807, 2.05) is 25.1 Å². The summed E-state index contributed by atoms with van der Waals surface area (Å²) in [6.45, 7) is 13.8. The molecule has 33 heavy (non-hydrogen) atoms. The SMILES string of the molecule is CCCCNC(=O)[C@H](CC)N(Cc1ccccc1C)C(=O)CCc1ccc(C(C)(C)C)cc1. The lowest BCUT2D eigenvalue weighted by molar-refractivity contribution is -0.141. The molecule has 0 unspecified atom stereocenters. The molecule has 0 heterocycles. The van der Waals surface area contributed by atoms with Crippen LogP contribution in [0.1, 0.15) is 82.6 Å². The average molecular weight is 451 g/mol. The zero-order valence-electron chi connectivity index (χ0n) is 21.4. The molecule has 2 aromatic rings. The number of carbonyl (C=O) groups excluding carboxylic acids is 2. The highest BCUT2D eigenvalue weighted by Crippen LogP contribution is 2.23. The average Bonchev–Trinajstić information content (AvgIpc) is 2.78. The molecule has 1 atom stereocenters. The number of hydrogen-bond donors (Lipinski definition) is 1. The molecule has 0 saturated carbocycles. The van der Waals surface area contributed by atoms with Crippen LogP contribution in [-0.2, 0) is 28.0 Å². The lowest BCUT2D eigenvalue weighted by Crippen LogP contribution is -2.49. The van der Waals surface area contributed by atoms with Gasteiger partial charge in [-0.2, -0.15) is 0 Å². The molecule has 0 aliphatic carbocycles. The molecule has 0 aliphatic heterocycles. The van der Waals surface area contributed by atoms with E-state index in [2.05, 4.69) is 70.3 Å². The molecule has 0 aliphatic rings. The zero-order chi connectivity index (χ0) is 24.4. The highest BCUT2D eigenvalue weighted by atomic mass is 16.2. The predicted octanol–water partition coefficient (Wildman–Crippen LogP) is 5.95. The minimum absolute atomic E-state index is 0.0237. The Morgan fingerprint density at radius 1 is 1.00 bits per heavy atom. The van der Waals surface area contributed by atoms with Crippen LogP contribution in [-0.4, -0.2) is 29.3 Å². The molecule has 2 aromatic carbocycles. The monoisotopic (exact) mass is 450 g/mol. The zero-order valence-corrected chi connectivity index (χ0v) is 21.4. The summed E-state index contributed by atoms with van der Waals surface area (Å²) in [6, 6.07) is 16.2. The van der Waals surface area contributed by atoms with Crippen LogP contribution in [0.2, 0.25) is 0 Å². The molecule has 180 valence electrons. The molecule has 0 fully saturated rings. The fraction of sp³-hybridized carbons (Fsp3) is 0.517. The molecule has 0 aromatic heterocycles. The normalized spacial score (nSPS) is 12.3. The smallest absolute Gasteiger partial charge is 0.242 e. The molecule has 4 nitrogen and oxygen atoms in total. The van der Waals surface area contributed by atoms with Gasteiger partial charge < -0.3 is 10.2 Å². The molecular formula is C29H42N2O2. The first-order valence-corrected chi connectivity index (χ1v) is 12.4. The van der Waals surface area contributed by atoms with Gasteiger partial charge in [-0.25, -0.2) is 0 Å². The number of unbranched alkanes of at least 4 members (excludes halogenated alkanes) is 1. The summed E-state index contributed by atoms with van der Waals surface area (Å²) < 4.78 is 0. The van der Waals surface area contributed by atoms with Crippen molar-refractivity contribution in [3.8, 4) is 0 Å². The van der Waals surface area contributed by atoms with Gasteiger partial charge in [0.25, 0.3) is 0 Å². The van der Waals surface area contributed by atoms with E-state index < -0.39 is 6.04 Å². The number of nitrogens with one attached hydrogen (secondary N) is 1. The van der Waals surface area contributed by atoms with Crippen LogP contribution in [0.25, 0.3) is 0 Å². The van der Waals surface area contributed by atoms with Crippen molar-refractivity contribution >= 4 is 11.8 Å². The van der Waals surface area contributed by atoms with E-state index in [0.717, 1.165) is 29.5 Å². The van der Waals surface area contributed by atoms with Crippen molar-refractivity contribution in [2.24, 2.45) is 0 Å². The van der Waals surface area contributed by atoms with Crippen LogP contribution in [0.5, 0.6) is 0 Å². The lowest BCUT2D eigenvalue weighted by atomic mass is 9.86. The minimum atomic E-state index is -0.461.